The first-order chi connectivity index (χ1) is 3.47. The van der Waals surface area contributed by atoms with Crippen LogP contribution in [-0.4, -0.2) is 12.7 Å². The Kier molecular flexibility index (Phi) is 0.577. The Bertz CT molecular complexity index is 94.7. The Hall–Kier alpha value is -0.300. The highest BCUT2D eigenvalue weighted by atomic mass is 16.5. The lowest BCUT2D eigenvalue weighted by atomic mass is 9.92. The van der Waals surface area contributed by atoms with Crippen molar-refractivity contribution >= 4 is 0 Å². The second kappa shape index (κ2) is 1.10. The van der Waals surface area contributed by atoms with Crippen LogP contribution in [0.4, 0.5) is 0 Å². The fourth-order valence-corrected chi connectivity index (χ4v) is 1.14. The van der Waals surface area contributed by atoms with Gasteiger partial charge in [-0.3, -0.25) is 0 Å². The molecule has 1 nitrogen and oxygen atoms in total. The molecule has 2 rings (SSSR count). The third-order valence-electron chi connectivity index (χ3n) is 1.73. The smallest absolute Gasteiger partial charge is 0.0819 e. The summed E-state index contributed by atoms with van der Waals surface area (Å²) in [5, 5.41) is 0. The Balaban J connectivity index is 2.17. The third-order valence-corrected chi connectivity index (χ3v) is 1.73. The summed E-state index contributed by atoms with van der Waals surface area (Å²) >= 11 is 0. The maximum absolute atomic E-state index is 5.27. The third kappa shape index (κ3) is 0.361. The van der Waals surface area contributed by atoms with Crippen molar-refractivity contribution in [2.75, 3.05) is 6.61 Å². The van der Waals surface area contributed by atoms with E-state index in [2.05, 4.69) is 12.2 Å². The molecule has 0 bridgehead atoms. The van der Waals surface area contributed by atoms with Crippen molar-refractivity contribution in [3.05, 3.63) is 12.2 Å². The molecule has 0 aromatic rings. The number of ether oxygens (including phenoxy) is 1. The maximum Gasteiger partial charge on any atom is 0.0819 e. The van der Waals surface area contributed by atoms with Gasteiger partial charge in [0.2, 0.25) is 0 Å². The van der Waals surface area contributed by atoms with E-state index in [4.69, 9.17) is 4.74 Å². The minimum atomic E-state index is 0.514. The first-order valence-corrected chi connectivity index (χ1v) is 2.77. The Morgan fingerprint density at radius 1 is 1.43 bits per heavy atom. The van der Waals surface area contributed by atoms with Gasteiger partial charge in [0.15, 0.2) is 0 Å². The molecule has 0 amide bonds. The van der Waals surface area contributed by atoms with E-state index < -0.39 is 0 Å². The van der Waals surface area contributed by atoms with Gasteiger partial charge in [-0.05, 0) is 6.42 Å². The minimum Gasteiger partial charge on any atom is -0.374 e. The largest absolute Gasteiger partial charge is 0.374 e. The zero-order chi connectivity index (χ0) is 4.69. The van der Waals surface area contributed by atoms with Gasteiger partial charge in [0.05, 0.1) is 6.10 Å². The van der Waals surface area contributed by atoms with Crippen molar-refractivity contribution < 1.29 is 4.74 Å². The van der Waals surface area contributed by atoms with Crippen molar-refractivity contribution in [3.8, 4) is 0 Å². The van der Waals surface area contributed by atoms with Crippen molar-refractivity contribution in [1.29, 1.82) is 0 Å². The van der Waals surface area contributed by atoms with Gasteiger partial charge in [-0.1, -0.05) is 12.2 Å². The lowest BCUT2D eigenvalue weighted by Crippen LogP contribution is -2.18. The zero-order valence-electron chi connectivity index (χ0n) is 4.13. The maximum atomic E-state index is 5.27. The van der Waals surface area contributed by atoms with Crippen LogP contribution < -0.4 is 0 Å². The first-order valence-electron chi connectivity index (χ1n) is 2.77. The summed E-state index contributed by atoms with van der Waals surface area (Å²) < 4.78 is 5.27. The van der Waals surface area contributed by atoms with Gasteiger partial charge in [0.1, 0.15) is 0 Å². The second-order valence-electron chi connectivity index (χ2n) is 2.17. The van der Waals surface area contributed by atoms with E-state index in [1.807, 2.05) is 0 Å². The number of rotatable bonds is 0. The van der Waals surface area contributed by atoms with Gasteiger partial charge in [-0.15, -0.1) is 0 Å². The topological polar surface area (TPSA) is 9.23 Å². The van der Waals surface area contributed by atoms with Crippen LogP contribution in [0.1, 0.15) is 6.42 Å². The summed E-state index contributed by atoms with van der Waals surface area (Å²) in [4.78, 5) is 0. The van der Waals surface area contributed by atoms with Crippen molar-refractivity contribution in [3.63, 3.8) is 0 Å². The SMILES string of the molecule is C1=C[C@@H]2CCOC12. The van der Waals surface area contributed by atoms with Gasteiger partial charge in [0.25, 0.3) is 0 Å². The van der Waals surface area contributed by atoms with E-state index in [1.54, 1.807) is 0 Å². The molecule has 1 unspecified atom stereocenters. The van der Waals surface area contributed by atoms with Crippen LogP contribution in [0, 0.1) is 5.92 Å². The Morgan fingerprint density at radius 3 is 2.71 bits per heavy atom. The molecule has 1 fully saturated rings. The molecule has 1 heteroatoms. The van der Waals surface area contributed by atoms with E-state index in [-0.39, 0.29) is 0 Å². The zero-order valence-corrected chi connectivity index (χ0v) is 4.13. The number of hydrogen-bond donors (Lipinski definition) is 0. The molecule has 0 N–H and O–H groups in total. The van der Waals surface area contributed by atoms with E-state index in [9.17, 15) is 0 Å². The summed E-state index contributed by atoms with van der Waals surface area (Å²) in [6, 6.07) is 0. The molecule has 2 atom stereocenters. The molecule has 0 spiro atoms. The van der Waals surface area contributed by atoms with Gasteiger partial charge < -0.3 is 4.74 Å². The van der Waals surface area contributed by atoms with Crippen molar-refractivity contribution in [2.24, 2.45) is 5.92 Å². The Labute approximate surface area is 43.0 Å². The first kappa shape index (κ1) is 3.67. The summed E-state index contributed by atoms with van der Waals surface area (Å²) in [5.74, 6) is 0.792. The molecule has 1 heterocycles. The summed E-state index contributed by atoms with van der Waals surface area (Å²) in [6.45, 7) is 0.975. The minimum absolute atomic E-state index is 0.514. The van der Waals surface area contributed by atoms with E-state index in [0.717, 1.165) is 12.5 Å². The molecule has 1 saturated heterocycles. The number of fused-ring (bicyclic) bond motifs is 1. The highest BCUT2D eigenvalue weighted by Gasteiger charge is 2.29. The molecule has 0 aromatic heterocycles. The van der Waals surface area contributed by atoms with Crippen molar-refractivity contribution in [1.82, 2.24) is 0 Å². The van der Waals surface area contributed by atoms with Crippen molar-refractivity contribution in [2.45, 2.75) is 12.5 Å². The van der Waals surface area contributed by atoms with E-state index >= 15 is 0 Å². The highest BCUT2D eigenvalue weighted by Crippen LogP contribution is 2.30. The molecule has 2 aliphatic rings. The molecule has 0 radical (unpaired) electrons. The average Bonchev–Trinajstić information content (AvgIpc) is 1.85. The highest BCUT2D eigenvalue weighted by molar-refractivity contribution is 5.12. The molecule has 38 valence electrons. The van der Waals surface area contributed by atoms with Crippen LogP contribution >= 0.6 is 0 Å². The molecule has 1 aliphatic carbocycles. The predicted octanol–water partition coefficient (Wildman–Crippen LogP) is 0.961. The van der Waals surface area contributed by atoms with Crippen LogP contribution in [0.25, 0.3) is 0 Å². The normalized spacial score (nSPS) is 45.7. The van der Waals surface area contributed by atoms with Gasteiger partial charge in [-0.25, -0.2) is 0 Å². The van der Waals surface area contributed by atoms with Crippen LogP contribution in [-0.2, 0) is 4.74 Å². The van der Waals surface area contributed by atoms with Crippen LogP contribution in [0.15, 0.2) is 12.2 Å². The van der Waals surface area contributed by atoms with Crippen LogP contribution in [0.3, 0.4) is 0 Å². The lowest BCUT2D eigenvalue weighted by Gasteiger charge is -2.18. The molecular formula is C6H8O. The lowest BCUT2D eigenvalue weighted by molar-refractivity contribution is 0.124. The molecule has 0 saturated carbocycles. The van der Waals surface area contributed by atoms with Crippen LogP contribution in [0.5, 0.6) is 0 Å². The Morgan fingerprint density at radius 2 is 2.43 bits per heavy atom. The standard InChI is InChI=1S/C6H8O/c1-2-6-5(1)3-4-7-6/h1-2,5-6H,3-4H2/t5-,6?/m1/s1. The van der Waals surface area contributed by atoms with E-state index in [0.29, 0.717) is 6.10 Å². The average molecular weight is 96.1 g/mol. The summed E-state index contributed by atoms with van der Waals surface area (Å²) in [5.41, 5.74) is 0. The van der Waals surface area contributed by atoms with Gasteiger partial charge in [-0.2, -0.15) is 0 Å². The molecular weight excluding hydrogens is 88.1 g/mol. The fourth-order valence-electron chi connectivity index (χ4n) is 1.14. The molecule has 1 aliphatic heterocycles. The summed E-state index contributed by atoms with van der Waals surface area (Å²) in [6.07, 6.45) is 6.14. The predicted molar refractivity (Wildman–Crippen MR) is 27.0 cm³/mol. The molecule has 0 aromatic carbocycles. The van der Waals surface area contributed by atoms with Crippen LogP contribution in [0.2, 0.25) is 0 Å². The van der Waals surface area contributed by atoms with Gasteiger partial charge >= 0.3 is 0 Å². The quantitative estimate of drug-likeness (QED) is 0.408. The van der Waals surface area contributed by atoms with Gasteiger partial charge in [0, 0.05) is 12.5 Å². The second-order valence-corrected chi connectivity index (χ2v) is 2.17. The fraction of sp³-hybridized carbons (Fsp3) is 0.667. The summed E-state index contributed by atoms with van der Waals surface area (Å²) in [7, 11) is 0. The number of hydrogen-bond acceptors (Lipinski definition) is 1. The van der Waals surface area contributed by atoms with E-state index in [1.165, 1.54) is 6.42 Å². The molecule has 7 heavy (non-hydrogen) atoms. The monoisotopic (exact) mass is 96.1 g/mol.